The van der Waals surface area contributed by atoms with E-state index in [2.05, 4.69) is 10.6 Å². The van der Waals surface area contributed by atoms with Gasteiger partial charge in [0, 0.05) is 17.8 Å². The fourth-order valence-corrected chi connectivity index (χ4v) is 3.70. The fourth-order valence-electron chi connectivity index (χ4n) is 3.70. The molecule has 0 saturated heterocycles. The number of amides is 3. The quantitative estimate of drug-likeness (QED) is 0.650. The Morgan fingerprint density at radius 2 is 1.48 bits per heavy atom. The first kappa shape index (κ1) is 20.3. The summed E-state index contributed by atoms with van der Waals surface area (Å²) in [6.07, 6.45) is 1.03. The molecular weight excluding hydrogens is 390 g/mol. The topological polar surface area (TPSA) is 78.5 Å². The smallest absolute Gasteiger partial charge is 0.251 e. The molecule has 4 rings (SSSR count). The van der Waals surface area contributed by atoms with E-state index in [1.54, 1.807) is 24.3 Å². The Morgan fingerprint density at radius 3 is 2.23 bits per heavy atom. The minimum absolute atomic E-state index is 0.0983. The third-order valence-electron chi connectivity index (χ3n) is 5.24. The number of anilines is 2. The molecule has 0 bridgehead atoms. The zero-order chi connectivity index (χ0) is 21.6. The van der Waals surface area contributed by atoms with Crippen molar-refractivity contribution < 1.29 is 14.4 Å². The lowest BCUT2D eigenvalue weighted by molar-refractivity contribution is -0.127. The van der Waals surface area contributed by atoms with Gasteiger partial charge < -0.3 is 15.5 Å². The number of para-hydroxylation sites is 2. The number of benzene rings is 3. The van der Waals surface area contributed by atoms with Crippen molar-refractivity contribution in [2.75, 3.05) is 16.8 Å². The standard InChI is InChI=1S/C25H23N3O3/c29-22(17-28-21-14-8-7-9-18(21)15-16-23(28)30)27-24(19-10-3-1-4-11-19)25(31)26-20-12-5-2-6-13-20/h1-14,24H,15-17H2,(H,26,31)(H,27,29). The maximum absolute atomic E-state index is 13.0. The largest absolute Gasteiger partial charge is 0.339 e. The summed E-state index contributed by atoms with van der Waals surface area (Å²) in [5.74, 6) is -0.850. The van der Waals surface area contributed by atoms with Gasteiger partial charge in [0.1, 0.15) is 12.6 Å². The van der Waals surface area contributed by atoms with Crippen LogP contribution in [-0.4, -0.2) is 24.3 Å². The van der Waals surface area contributed by atoms with Crippen molar-refractivity contribution in [3.63, 3.8) is 0 Å². The average molecular weight is 413 g/mol. The van der Waals surface area contributed by atoms with Crippen molar-refractivity contribution in [3.8, 4) is 0 Å². The molecule has 1 unspecified atom stereocenters. The highest BCUT2D eigenvalue weighted by molar-refractivity contribution is 6.03. The van der Waals surface area contributed by atoms with Crippen molar-refractivity contribution >= 4 is 29.1 Å². The Morgan fingerprint density at radius 1 is 0.839 bits per heavy atom. The molecule has 0 radical (unpaired) electrons. The summed E-state index contributed by atoms with van der Waals surface area (Å²) in [7, 11) is 0. The lowest BCUT2D eigenvalue weighted by Gasteiger charge is -2.29. The summed E-state index contributed by atoms with van der Waals surface area (Å²) in [6.45, 7) is -0.141. The molecule has 0 saturated carbocycles. The van der Waals surface area contributed by atoms with Gasteiger partial charge in [-0.2, -0.15) is 0 Å². The number of aryl methyl sites for hydroxylation is 1. The van der Waals surface area contributed by atoms with Crippen molar-refractivity contribution in [2.24, 2.45) is 0 Å². The molecule has 3 aromatic rings. The van der Waals surface area contributed by atoms with Gasteiger partial charge in [-0.25, -0.2) is 0 Å². The van der Waals surface area contributed by atoms with Crippen LogP contribution in [0.4, 0.5) is 11.4 Å². The normalized spacial score (nSPS) is 13.8. The summed E-state index contributed by atoms with van der Waals surface area (Å²) in [5.41, 5.74) is 3.09. The molecule has 156 valence electrons. The third-order valence-corrected chi connectivity index (χ3v) is 5.24. The van der Waals surface area contributed by atoms with Crippen molar-refractivity contribution in [3.05, 3.63) is 96.1 Å². The van der Waals surface area contributed by atoms with Crippen LogP contribution in [0, 0.1) is 0 Å². The fraction of sp³-hybridized carbons (Fsp3) is 0.160. The second-order valence-corrected chi connectivity index (χ2v) is 7.38. The van der Waals surface area contributed by atoms with Crippen LogP contribution in [0.3, 0.4) is 0 Å². The second kappa shape index (κ2) is 9.26. The molecule has 1 atom stereocenters. The molecule has 6 heteroatoms. The van der Waals surface area contributed by atoms with Crippen LogP contribution in [0.15, 0.2) is 84.9 Å². The van der Waals surface area contributed by atoms with Crippen LogP contribution in [0.1, 0.15) is 23.6 Å². The van der Waals surface area contributed by atoms with Crippen molar-refractivity contribution in [1.29, 1.82) is 0 Å². The SMILES string of the molecule is O=C(CN1C(=O)CCc2ccccc21)NC(C(=O)Nc1ccccc1)c1ccccc1. The van der Waals surface area contributed by atoms with E-state index < -0.39 is 11.9 Å². The zero-order valence-corrected chi connectivity index (χ0v) is 17.0. The lowest BCUT2D eigenvalue weighted by atomic mass is 10.0. The number of nitrogens with one attached hydrogen (secondary N) is 2. The molecule has 1 aliphatic rings. The van der Waals surface area contributed by atoms with Gasteiger partial charge in [-0.1, -0.05) is 66.7 Å². The van der Waals surface area contributed by atoms with E-state index in [9.17, 15) is 14.4 Å². The second-order valence-electron chi connectivity index (χ2n) is 7.38. The first-order chi connectivity index (χ1) is 15.1. The van der Waals surface area contributed by atoms with Crippen LogP contribution in [0.5, 0.6) is 0 Å². The van der Waals surface area contributed by atoms with Gasteiger partial charge >= 0.3 is 0 Å². The summed E-state index contributed by atoms with van der Waals surface area (Å²) < 4.78 is 0. The number of nitrogens with zero attached hydrogens (tertiary/aromatic N) is 1. The predicted molar refractivity (Wildman–Crippen MR) is 120 cm³/mol. The molecule has 3 aromatic carbocycles. The number of hydrogen-bond donors (Lipinski definition) is 2. The Balaban J connectivity index is 1.52. The monoisotopic (exact) mass is 413 g/mol. The molecule has 1 aliphatic heterocycles. The van der Waals surface area contributed by atoms with Crippen molar-refractivity contribution in [1.82, 2.24) is 5.32 Å². The van der Waals surface area contributed by atoms with Gasteiger partial charge in [0.05, 0.1) is 0 Å². The van der Waals surface area contributed by atoms with Gasteiger partial charge in [-0.15, -0.1) is 0 Å². The minimum Gasteiger partial charge on any atom is -0.339 e. The van der Waals surface area contributed by atoms with E-state index in [4.69, 9.17) is 0 Å². The number of hydrogen-bond acceptors (Lipinski definition) is 3. The van der Waals surface area contributed by atoms with Crippen LogP contribution in [-0.2, 0) is 20.8 Å². The first-order valence-corrected chi connectivity index (χ1v) is 10.2. The van der Waals surface area contributed by atoms with E-state index >= 15 is 0 Å². The van der Waals surface area contributed by atoms with E-state index in [0.717, 1.165) is 11.3 Å². The highest BCUT2D eigenvalue weighted by Gasteiger charge is 2.28. The minimum atomic E-state index is -0.885. The maximum atomic E-state index is 13.0. The van der Waals surface area contributed by atoms with E-state index in [0.29, 0.717) is 24.1 Å². The highest BCUT2D eigenvalue weighted by Crippen LogP contribution is 2.27. The van der Waals surface area contributed by atoms with E-state index in [-0.39, 0.29) is 18.4 Å². The summed E-state index contributed by atoms with van der Waals surface area (Å²) in [4.78, 5) is 39.9. The van der Waals surface area contributed by atoms with Gasteiger partial charge in [0.15, 0.2) is 0 Å². The number of carbonyl (C=O) groups excluding carboxylic acids is 3. The van der Waals surface area contributed by atoms with Gasteiger partial charge in [0.25, 0.3) is 5.91 Å². The van der Waals surface area contributed by atoms with Crippen LogP contribution in [0.2, 0.25) is 0 Å². The van der Waals surface area contributed by atoms with Crippen LogP contribution in [0.25, 0.3) is 0 Å². The highest BCUT2D eigenvalue weighted by atomic mass is 16.2. The summed E-state index contributed by atoms with van der Waals surface area (Å²) in [5, 5.41) is 5.65. The summed E-state index contributed by atoms with van der Waals surface area (Å²) >= 11 is 0. The Hall–Kier alpha value is -3.93. The van der Waals surface area contributed by atoms with Gasteiger partial charge in [-0.3, -0.25) is 14.4 Å². The molecule has 6 nitrogen and oxygen atoms in total. The predicted octanol–water partition coefficient (Wildman–Crippen LogP) is 3.46. The Labute approximate surface area is 180 Å². The van der Waals surface area contributed by atoms with Gasteiger partial charge in [0.2, 0.25) is 11.8 Å². The molecule has 0 spiro atoms. The number of fused-ring (bicyclic) bond motifs is 1. The average Bonchev–Trinajstić information content (AvgIpc) is 2.80. The molecule has 0 aromatic heterocycles. The van der Waals surface area contributed by atoms with E-state index in [1.165, 1.54) is 4.90 Å². The molecule has 0 aliphatic carbocycles. The zero-order valence-electron chi connectivity index (χ0n) is 17.0. The van der Waals surface area contributed by atoms with Crippen LogP contribution < -0.4 is 15.5 Å². The Kier molecular flexibility index (Phi) is 6.08. The lowest BCUT2D eigenvalue weighted by Crippen LogP contribution is -2.46. The molecule has 2 N–H and O–H groups in total. The summed E-state index contributed by atoms with van der Waals surface area (Å²) in [6, 6.07) is 24.8. The van der Waals surface area contributed by atoms with Crippen molar-refractivity contribution in [2.45, 2.75) is 18.9 Å². The Bertz CT molecular complexity index is 1080. The molecular formula is C25H23N3O3. The molecule has 0 fully saturated rings. The maximum Gasteiger partial charge on any atom is 0.251 e. The molecule has 3 amide bonds. The number of rotatable bonds is 6. The first-order valence-electron chi connectivity index (χ1n) is 10.2. The molecule has 31 heavy (non-hydrogen) atoms. The van der Waals surface area contributed by atoms with E-state index in [1.807, 2.05) is 60.7 Å². The van der Waals surface area contributed by atoms with Crippen LogP contribution >= 0.6 is 0 Å². The number of carbonyl (C=O) groups is 3. The third kappa shape index (κ3) is 4.80. The molecule has 1 heterocycles. The van der Waals surface area contributed by atoms with Gasteiger partial charge in [-0.05, 0) is 35.7 Å².